The molecule has 86 valence electrons. The van der Waals surface area contributed by atoms with Crippen molar-refractivity contribution < 1.29 is 22.0 Å². The summed E-state index contributed by atoms with van der Waals surface area (Å²) in [6, 6.07) is 7.84. The van der Waals surface area contributed by atoms with E-state index in [1.165, 1.54) is 0 Å². The molecule has 0 heterocycles. The predicted octanol–water partition coefficient (Wildman–Crippen LogP) is -1.09. The van der Waals surface area contributed by atoms with E-state index < -0.39 is 0 Å². The molecule has 4 heteroatoms. The summed E-state index contributed by atoms with van der Waals surface area (Å²) in [7, 11) is 4.17. The number of halogens is 2. The SMILES string of the molecule is C[N+](C)(CCO)Cc1ccccc1Cl.[Cl-]. The largest absolute Gasteiger partial charge is 1.00 e. The first kappa shape index (κ1) is 14.7. The molecule has 1 aromatic carbocycles. The minimum Gasteiger partial charge on any atom is -1.00 e. The highest BCUT2D eigenvalue weighted by molar-refractivity contribution is 6.31. The van der Waals surface area contributed by atoms with Gasteiger partial charge in [-0.25, -0.2) is 0 Å². The number of rotatable bonds is 4. The number of likely N-dealkylation sites (N-methyl/N-ethyl adjacent to an activating group) is 1. The van der Waals surface area contributed by atoms with Gasteiger partial charge < -0.3 is 22.0 Å². The molecule has 0 aromatic heterocycles. The fourth-order valence-corrected chi connectivity index (χ4v) is 1.63. The smallest absolute Gasteiger partial charge is 0.105 e. The van der Waals surface area contributed by atoms with Crippen molar-refractivity contribution in [3.8, 4) is 0 Å². The Balaban J connectivity index is 0.00000196. The lowest BCUT2D eigenvalue weighted by Crippen LogP contribution is -3.00. The van der Waals surface area contributed by atoms with Crippen LogP contribution in [0, 0.1) is 0 Å². The van der Waals surface area contributed by atoms with Gasteiger partial charge in [-0.3, -0.25) is 0 Å². The molecule has 1 rings (SSSR count). The highest BCUT2D eigenvalue weighted by Gasteiger charge is 2.16. The van der Waals surface area contributed by atoms with E-state index in [0.29, 0.717) is 0 Å². The van der Waals surface area contributed by atoms with Crippen molar-refractivity contribution in [3.63, 3.8) is 0 Å². The van der Waals surface area contributed by atoms with E-state index in [2.05, 4.69) is 14.1 Å². The molecule has 0 aliphatic heterocycles. The summed E-state index contributed by atoms with van der Waals surface area (Å²) in [5, 5.41) is 9.70. The summed E-state index contributed by atoms with van der Waals surface area (Å²) in [6.45, 7) is 1.79. The Bertz CT molecular complexity index is 302. The number of hydrogen-bond donors (Lipinski definition) is 1. The van der Waals surface area contributed by atoms with Gasteiger partial charge in [-0.15, -0.1) is 0 Å². The van der Waals surface area contributed by atoms with Gasteiger partial charge >= 0.3 is 0 Å². The standard InChI is InChI=1S/C11H17ClNO.ClH/c1-13(2,7-8-14)9-10-5-3-4-6-11(10)12;/h3-6,14H,7-9H2,1-2H3;1H/q+1;/p-1. The van der Waals surface area contributed by atoms with Gasteiger partial charge in [0.2, 0.25) is 0 Å². The molecule has 0 radical (unpaired) electrons. The van der Waals surface area contributed by atoms with Gasteiger partial charge in [-0.1, -0.05) is 29.8 Å². The van der Waals surface area contributed by atoms with E-state index in [1.54, 1.807) is 0 Å². The first-order valence-electron chi connectivity index (χ1n) is 4.71. The van der Waals surface area contributed by atoms with Crippen LogP contribution in [-0.4, -0.2) is 36.8 Å². The quantitative estimate of drug-likeness (QED) is 0.673. The number of quaternary nitrogens is 1. The number of hydrogen-bond acceptors (Lipinski definition) is 1. The van der Waals surface area contributed by atoms with Crippen LogP contribution in [0.4, 0.5) is 0 Å². The Morgan fingerprint density at radius 1 is 1.27 bits per heavy atom. The van der Waals surface area contributed by atoms with E-state index in [-0.39, 0.29) is 19.0 Å². The van der Waals surface area contributed by atoms with Crippen LogP contribution in [0.1, 0.15) is 5.56 Å². The van der Waals surface area contributed by atoms with Crippen LogP contribution in [-0.2, 0) is 6.54 Å². The Hall–Kier alpha value is -0.280. The van der Waals surface area contributed by atoms with E-state index in [4.69, 9.17) is 16.7 Å². The van der Waals surface area contributed by atoms with Crippen LogP contribution in [0.5, 0.6) is 0 Å². The molecule has 0 spiro atoms. The van der Waals surface area contributed by atoms with E-state index in [1.807, 2.05) is 24.3 Å². The van der Waals surface area contributed by atoms with Gasteiger partial charge in [-0.05, 0) is 6.07 Å². The van der Waals surface area contributed by atoms with Crippen molar-refractivity contribution in [2.24, 2.45) is 0 Å². The number of aliphatic hydroxyl groups is 1. The minimum absolute atomic E-state index is 0. The highest BCUT2D eigenvalue weighted by atomic mass is 35.5. The highest BCUT2D eigenvalue weighted by Crippen LogP contribution is 2.18. The molecule has 0 atom stereocenters. The summed E-state index contributed by atoms with van der Waals surface area (Å²) in [4.78, 5) is 0. The van der Waals surface area contributed by atoms with Crippen molar-refractivity contribution in [1.82, 2.24) is 0 Å². The average molecular weight is 250 g/mol. The lowest BCUT2D eigenvalue weighted by Gasteiger charge is -2.29. The normalized spacial score (nSPS) is 10.9. The van der Waals surface area contributed by atoms with Gasteiger partial charge in [0.15, 0.2) is 0 Å². The van der Waals surface area contributed by atoms with Crippen molar-refractivity contribution >= 4 is 11.6 Å². The van der Waals surface area contributed by atoms with Gasteiger partial charge in [0, 0.05) is 10.6 Å². The van der Waals surface area contributed by atoms with Crippen LogP contribution in [0.2, 0.25) is 5.02 Å². The molecule has 0 saturated heterocycles. The van der Waals surface area contributed by atoms with Crippen LogP contribution in [0.15, 0.2) is 24.3 Å². The van der Waals surface area contributed by atoms with Crippen molar-refractivity contribution in [2.45, 2.75) is 6.54 Å². The molecular weight excluding hydrogens is 233 g/mol. The fourth-order valence-electron chi connectivity index (χ4n) is 1.44. The molecule has 2 nitrogen and oxygen atoms in total. The Kier molecular flexibility index (Phi) is 6.22. The maximum Gasteiger partial charge on any atom is 0.105 e. The molecule has 1 aromatic rings. The van der Waals surface area contributed by atoms with Gasteiger partial charge in [0.25, 0.3) is 0 Å². The van der Waals surface area contributed by atoms with E-state index in [9.17, 15) is 0 Å². The second-order valence-corrected chi connectivity index (χ2v) is 4.54. The lowest BCUT2D eigenvalue weighted by atomic mass is 10.2. The molecule has 15 heavy (non-hydrogen) atoms. The fraction of sp³-hybridized carbons (Fsp3) is 0.455. The summed E-state index contributed by atoms with van der Waals surface area (Å²) >= 11 is 6.06. The molecule has 0 fully saturated rings. The van der Waals surface area contributed by atoms with Crippen molar-refractivity contribution in [2.75, 3.05) is 27.2 Å². The number of aliphatic hydroxyl groups excluding tert-OH is 1. The Morgan fingerprint density at radius 2 is 1.87 bits per heavy atom. The minimum atomic E-state index is 0. The van der Waals surface area contributed by atoms with E-state index >= 15 is 0 Å². The molecule has 0 unspecified atom stereocenters. The molecule has 0 saturated carbocycles. The third-order valence-electron chi connectivity index (χ3n) is 2.26. The first-order chi connectivity index (χ1) is 6.55. The maximum atomic E-state index is 8.90. The van der Waals surface area contributed by atoms with Crippen LogP contribution in [0.3, 0.4) is 0 Å². The van der Waals surface area contributed by atoms with Crippen LogP contribution < -0.4 is 12.4 Å². The molecule has 0 amide bonds. The zero-order chi connectivity index (χ0) is 10.6. The third-order valence-corrected chi connectivity index (χ3v) is 2.63. The zero-order valence-corrected chi connectivity index (χ0v) is 10.6. The van der Waals surface area contributed by atoms with Gasteiger partial charge in [-0.2, -0.15) is 0 Å². The average Bonchev–Trinajstić information content (AvgIpc) is 2.08. The van der Waals surface area contributed by atoms with Crippen LogP contribution in [0.25, 0.3) is 0 Å². The molecule has 0 aliphatic carbocycles. The topological polar surface area (TPSA) is 20.2 Å². The van der Waals surface area contributed by atoms with E-state index in [0.717, 1.165) is 28.2 Å². The number of benzene rings is 1. The number of nitrogens with zero attached hydrogens (tertiary/aromatic N) is 1. The molecule has 1 N–H and O–H groups in total. The zero-order valence-electron chi connectivity index (χ0n) is 9.08. The lowest BCUT2D eigenvalue weighted by molar-refractivity contribution is -0.903. The van der Waals surface area contributed by atoms with Gasteiger partial charge in [0.05, 0.1) is 20.7 Å². The van der Waals surface area contributed by atoms with Gasteiger partial charge in [0.1, 0.15) is 13.1 Å². The summed E-state index contributed by atoms with van der Waals surface area (Å²) in [6.07, 6.45) is 0. The molecule has 0 aliphatic rings. The maximum absolute atomic E-state index is 8.90. The Morgan fingerprint density at radius 3 is 2.40 bits per heavy atom. The van der Waals surface area contributed by atoms with Crippen molar-refractivity contribution in [3.05, 3.63) is 34.9 Å². The monoisotopic (exact) mass is 249 g/mol. The predicted molar refractivity (Wildman–Crippen MR) is 59.2 cm³/mol. The Labute approximate surface area is 102 Å². The second-order valence-electron chi connectivity index (χ2n) is 4.13. The second kappa shape index (κ2) is 6.33. The summed E-state index contributed by atoms with van der Waals surface area (Å²) in [5.41, 5.74) is 1.13. The molecular formula is C11H17Cl2NO. The summed E-state index contributed by atoms with van der Waals surface area (Å²) < 4.78 is 0.750. The third kappa shape index (κ3) is 4.85. The summed E-state index contributed by atoms with van der Waals surface area (Å²) in [5.74, 6) is 0. The molecule has 0 bridgehead atoms. The first-order valence-corrected chi connectivity index (χ1v) is 5.09. The van der Waals surface area contributed by atoms with Crippen molar-refractivity contribution in [1.29, 1.82) is 0 Å². The van der Waals surface area contributed by atoms with Crippen LogP contribution >= 0.6 is 11.6 Å².